The first kappa shape index (κ1) is 16.0. The molecule has 2 aromatic rings. The van der Waals surface area contributed by atoms with Gasteiger partial charge in [0.15, 0.2) is 0 Å². The van der Waals surface area contributed by atoms with Gasteiger partial charge in [-0.1, -0.05) is 0 Å². The van der Waals surface area contributed by atoms with Crippen LogP contribution in [0.1, 0.15) is 28.3 Å². The van der Waals surface area contributed by atoms with E-state index >= 15 is 0 Å². The Bertz CT molecular complexity index is 751. The van der Waals surface area contributed by atoms with Gasteiger partial charge < -0.3 is 5.73 Å². The average Bonchev–Trinajstić information content (AvgIpc) is 2.86. The first-order valence-corrected chi connectivity index (χ1v) is 8.89. The lowest BCUT2D eigenvalue weighted by atomic mass is 10.2. The van der Waals surface area contributed by atoms with Crippen molar-refractivity contribution in [3.05, 3.63) is 45.6 Å². The van der Waals surface area contributed by atoms with Gasteiger partial charge in [-0.25, -0.2) is 8.42 Å². The van der Waals surface area contributed by atoms with Gasteiger partial charge in [-0.05, 0) is 56.7 Å². The lowest BCUT2D eigenvalue weighted by molar-refractivity contribution is 0.403. The molecule has 0 radical (unpaired) electrons. The van der Waals surface area contributed by atoms with E-state index in [-0.39, 0.29) is 10.9 Å². The molecule has 1 aromatic heterocycles. The quantitative estimate of drug-likeness (QED) is 0.877. The van der Waals surface area contributed by atoms with Crippen LogP contribution in [-0.4, -0.2) is 19.8 Å². The van der Waals surface area contributed by atoms with Crippen LogP contribution in [0.2, 0.25) is 0 Å². The molecule has 0 saturated heterocycles. The summed E-state index contributed by atoms with van der Waals surface area (Å²) in [5.74, 6) is 0. The molecule has 0 saturated carbocycles. The Morgan fingerprint density at radius 3 is 2.38 bits per heavy atom. The molecular weight excluding hydrogens is 304 g/mol. The number of rotatable bonds is 4. The Labute approximate surface area is 130 Å². The van der Waals surface area contributed by atoms with Crippen molar-refractivity contribution in [1.29, 1.82) is 0 Å². The third kappa shape index (κ3) is 3.12. The number of anilines is 1. The Morgan fingerprint density at radius 2 is 1.86 bits per heavy atom. The number of nitrogen functional groups attached to an aromatic ring is 1. The third-order valence-electron chi connectivity index (χ3n) is 3.64. The van der Waals surface area contributed by atoms with E-state index in [0.29, 0.717) is 5.69 Å². The van der Waals surface area contributed by atoms with Crippen molar-refractivity contribution in [2.24, 2.45) is 0 Å². The summed E-state index contributed by atoms with van der Waals surface area (Å²) in [5, 5.41) is 0. The predicted molar refractivity (Wildman–Crippen MR) is 88.0 cm³/mol. The second-order valence-corrected chi connectivity index (χ2v) is 8.48. The van der Waals surface area contributed by atoms with Crippen molar-refractivity contribution in [2.75, 3.05) is 12.8 Å². The van der Waals surface area contributed by atoms with Crippen LogP contribution in [0.3, 0.4) is 0 Å². The van der Waals surface area contributed by atoms with Gasteiger partial charge in [-0.3, -0.25) is 0 Å². The highest BCUT2D eigenvalue weighted by Crippen LogP contribution is 2.30. The zero-order valence-electron chi connectivity index (χ0n) is 12.6. The summed E-state index contributed by atoms with van der Waals surface area (Å²) in [4.78, 5) is 2.48. The highest BCUT2D eigenvalue weighted by Gasteiger charge is 2.27. The van der Waals surface area contributed by atoms with Crippen LogP contribution in [0.25, 0.3) is 0 Å². The van der Waals surface area contributed by atoms with Gasteiger partial charge in [0.1, 0.15) is 0 Å². The number of thiophene rings is 1. The molecule has 0 aliphatic carbocycles. The van der Waals surface area contributed by atoms with Gasteiger partial charge in [-0.2, -0.15) is 4.31 Å². The number of nitrogens with two attached hydrogens (primary N) is 1. The van der Waals surface area contributed by atoms with E-state index in [9.17, 15) is 8.42 Å². The molecule has 0 fully saturated rings. The summed E-state index contributed by atoms with van der Waals surface area (Å²) in [6, 6.07) is 8.59. The highest BCUT2D eigenvalue weighted by atomic mass is 32.2. The van der Waals surface area contributed by atoms with Gasteiger partial charge in [0.2, 0.25) is 10.0 Å². The maximum absolute atomic E-state index is 12.7. The van der Waals surface area contributed by atoms with Crippen LogP contribution in [-0.2, 0) is 10.0 Å². The minimum Gasteiger partial charge on any atom is -0.399 e. The molecule has 4 nitrogen and oxygen atoms in total. The summed E-state index contributed by atoms with van der Waals surface area (Å²) in [6.07, 6.45) is 0. The minimum atomic E-state index is -3.53. The summed E-state index contributed by atoms with van der Waals surface area (Å²) < 4.78 is 26.8. The molecule has 114 valence electrons. The predicted octanol–water partition coefficient (Wildman–Crippen LogP) is 3.33. The number of benzene rings is 1. The van der Waals surface area contributed by atoms with Gasteiger partial charge >= 0.3 is 0 Å². The molecule has 21 heavy (non-hydrogen) atoms. The summed E-state index contributed by atoms with van der Waals surface area (Å²) in [7, 11) is -1.92. The maximum atomic E-state index is 12.7. The average molecular weight is 324 g/mol. The van der Waals surface area contributed by atoms with Crippen molar-refractivity contribution >= 4 is 27.0 Å². The van der Waals surface area contributed by atoms with Crippen LogP contribution in [0.15, 0.2) is 35.2 Å². The van der Waals surface area contributed by atoms with Gasteiger partial charge in [-0.15, -0.1) is 11.3 Å². The number of aryl methyl sites for hydroxylation is 2. The lowest BCUT2D eigenvalue weighted by Crippen LogP contribution is -2.29. The molecule has 0 bridgehead atoms. The van der Waals surface area contributed by atoms with E-state index in [2.05, 4.69) is 0 Å². The fourth-order valence-corrected chi connectivity index (χ4v) is 4.51. The number of sulfonamides is 1. The molecule has 2 rings (SSSR count). The zero-order chi connectivity index (χ0) is 15.8. The second kappa shape index (κ2) is 5.79. The van der Waals surface area contributed by atoms with Gasteiger partial charge in [0, 0.05) is 22.5 Å². The van der Waals surface area contributed by atoms with Crippen LogP contribution >= 0.6 is 11.3 Å². The minimum absolute atomic E-state index is 0.202. The Kier molecular flexibility index (Phi) is 4.41. The third-order valence-corrected chi connectivity index (χ3v) is 6.73. The molecule has 2 N–H and O–H groups in total. The molecule has 0 aliphatic heterocycles. The summed E-state index contributed by atoms with van der Waals surface area (Å²) >= 11 is 1.61. The van der Waals surface area contributed by atoms with E-state index in [1.54, 1.807) is 43.5 Å². The Morgan fingerprint density at radius 1 is 1.19 bits per heavy atom. The van der Waals surface area contributed by atoms with Gasteiger partial charge in [0.05, 0.1) is 10.9 Å². The molecule has 1 unspecified atom stereocenters. The van der Waals surface area contributed by atoms with Crippen molar-refractivity contribution in [2.45, 2.75) is 31.7 Å². The van der Waals surface area contributed by atoms with E-state index in [1.165, 1.54) is 9.18 Å². The standard InChI is InChI=1S/C15H20N2O2S2/c1-10-9-13(6-7-14(10)16)21(18,19)17(4)12(3)15-8-5-11(2)20-15/h5-9,12H,16H2,1-4H3. The maximum Gasteiger partial charge on any atom is 0.243 e. The van der Waals surface area contributed by atoms with Crippen LogP contribution < -0.4 is 5.73 Å². The molecule has 0 amide bonds. The van der Waals surface area contributed by atoms with Crippen molar-refractivity contribution in [3.63, 3.8) is 0 Å². The normalized spacial score (nSPS) is 13.6. The monoisotopic (exact) mass is 324 g/mol. The molecule has 0 spiro atoms. The van der Waals surface area contributed by atoms with Crippen molar-refractivity contribution in [1.82, 2.24) is 4.31 Å². The largest absolute Gasteiger partial charge is 0.399 e. The smallest absolute Gasteiger partial charge is 0.243 e. The van der Waals surface area contributed by atoms with Crippen LogP contribution in [0.5, 0.6) is 0 Å². The lowest BCUT2D eigenvalue weighted by Gasteiger charge is -2.23. The molecule has 0 aliphatic rings. The molecule has 1 heterocycles. The Hall–Kier alpha value is -1.37. The van der Waals surface area contributed by atoms with E-state index in [4.69, 9.17) is 5.73 Å². The molecule has 1 aromatic carbocycles. The summed E-state index contributed by atoms with van der Waals surface area (Å²) in [6.45, 7) is 5.71. The van der Waals surface area contributed by atoms with E-state index in [1.807, 2.05) is 26.0 Å². The number of hydrogen-bond acceptors (Lipinski definition) is 4. The molecule has 6 heteroatoms. The number of nitrogens with zero attached hydrogens (tertiary/aromatic N) is 1. The summed E-state index contributed by atoms with van der Waals surface area (Å²) in [5.41, 5.74) is 7.12. The zero-order valence-corrected chi connectivity index (χ0v) is 14.3. The van der Waals surface area contributed by atoms with Crippen LogP contribution in [0, 0.1) is 13.8 Å². The molecule has 1 atom stereocenters. The number of hydrogen-bond donors (Lipinski definition) is 1. The fraction of sp³-hybridized carbons (Fsp3) is 0.333. The first-order valence-electron chi connectivity index (χ1n) is 6.64. The van der Waals surface area contributed by atoms with E-state index < -0.39 is 10.0 Å². The van der Waals surface area contributed by atoms with Crippen molar-refractivity contribution in [3.8, 4) is 0 Å². The molecular formula is C15H20N2O2S2. The Balaban J connectivity index is 2.36. The SMILES string of the molecule is Cc1ccc(C(C)N(C)S(=O)(=O)c2ccc(N)c(C)c2)s1. The van der Waals surface area contributed by atoms with Crippen LogP contribution in [0.4, 0.5) is 5.69 Å². The van der Waals surface area contributed by atoms with Gasteiger partial charge in [0.25, 0.3) is 0 Å². The first-order chi connectivity index (χ1) is 9.73. The highest BCUT2D eigenvalue weighted by molar-refractivity contribution is 7.89. The fourth-order valence-electron chi connectivity index (χ4n) is 2.04. The second-order valence-electron chi connectivity index (χ2n) is 5.16. The van der Waals surface area contributed by atoms with Crippen molar-refractivity contribution < 1.29 is 8.42 Å². The van der Waals surface area contributed by atoms with E-state index in [0.717, 1.165) is 10.4 Å². The topological polar surface area (TPSA) is 63.4 Å².